The first-order chi connectivity index (χ1) is 5.86. The summed E-state index contributed by atoms with van der Waals surface area (Å²) in [5, 5.41) is 10.2. The molecule has 0 amide bonds. The van der Waals surface area contributed by atoms with E-state index in [2.05, 4.69) is 15.4 Å². The number of anilines is 1. The molecular formula is C8H10Cl2N4. The summed E-state index contributed by atoms with van der Waals surface area (Å²) in [6, 6.07) is 7.52. The molecule has 0 saturated heterocycles. The molecule has 6 heteroatoms. The zero-order chi connectivity index (χ0) is 8.39. The van der Waals surface area contributed by atoms with Crippen molar-refractivity contribution in [2.75, 3.05) is 5.73 Å². The van der Waals surface area contributed by atoms with E-state index in [-0.39, 0.29) is 24.8 Å². The molecule has 0 bridgehead atoms. The molecule has 4 nitrogen and oxygen atoms in total. The highest BCUT2D eigenvalue weighted by Crippen LogP contribution is 2.17. The highest BCUT2D eigenvalue weighted by atomic mass is 35.5. The average molecular weight is 233 g/mol. The summed E-state index contributed by atoms with van der Waals surface area (Å²) in [4.78, 5) is 0. The topological polar surface area (TPSA) is 67.6 Å². The quantitative estimate of drug-likeness (QED) is 0.739. The van der Waals surface area contributed by atoms with Crippen LogP contribution in [0.5, 0.6) is 0 Å². The minimum atomic E-state index is 0. The van der Waals surface area contributed by atoms with E-state index >= 15 is 0 Å². The van der Waals surface area contributed by atoms with Gasteiger partial charge in [-0.3, -0.25) is 0 Å². The van der Waals surface area contributed by atoms with Gasteiger partial charge in [0.25, 0.3) is 0 Å². The number of aromatic nitrogens is 3. The Balaban J connectivity index is 0.000000845. The van der Waals surface area contributed by atoms with E-state index in [0.29, 0.717) is 0 Å². The Labute approximate surface area is 93.7 Å². The van der Waals surface area contributed by atoms with Crippen molar-refractivity contribution in [2.24, 2.45) is 0 Å². The number of H-pyrrole nitrogens is 1. The number of benzene rings is 1. The Morgan fingerprint density at radius 2 is 2.00 bits per heavy atom. The van der Waals surface area contributed by atoms with Crippen LogP contribution in [0.25, 0.3) is 11.3 Å². The minimum Gasteiger partial charge on any atom is -0.399 e. The van der Waals surface area contributed by atoms with Gasteiger partial charge < -0.3 is 5.73 Å². The van der Waals surface area contributed by atoms with E-state index in [1.807, 2.05) is 24.3 Å². The van der Waals surface area contributed by atoms with Crippen LogP contribution in [0.1, 0.15) is 0 Å². The van der Waals surface area contributed by atoms with Crippen molar-refractivity contribution in [3.8, 4) is 11.3 Å². The van der Waals surface area contributed by atoms with Crippen LogP contribution in [-0.2, 0) is 0 Å². The highest BCUT2D eigenvalue weighted by molar-refractivity contribution is 5.85. The Morgan fingerprint density at radius 1 is 1.21 bits per heavy atom. The predicted molar refractivity (Wildman–Crippen MR) is 60.7 cm³/mol. The summed E-state index contributed by atoms with van der Waals surface area (Å²) in [6.07, 6.45) is 1.66. The van der Waals surface area contributed by atoms with E-state index in [1.54, 1.807) is 6.20 Å². The van der Waals surface area contributed by atoms with E-state index in [9.17, 15) is 0 Å². The van der Waals surface area contributed by atoms with E-state index < -0.39 is 0 Å². The second-order valence-corrected chi connectivity index (χ2v) is 2.48. The highest BCUT2D eigenvalue weighted by Gasteiger charge is 1.98. The third-order valence-electron chi connectivity index (χ3n) is 1.60. The van der Waals surface area contributed by atoms with E-state index in [1.165, 1.54) is 0 Å². The van der Waals surface area contributed by atoms with Crippen molar-refractivity contribution in [3.05, 3.63) is 30.5 Å². The van der Waals surface area contributed by atoms with Crippen molar-refractivity contribution in [2.45, 2.75) is 0 Å². The lowest BCUT2D eigenvalue weighted by molar-refractivity contribution is 0.942. The number of halogens is 2. The molecule has 0 aliphatic rings. The minimum absolute atomic E-state index is 0. The Kier molecular flexibility index (Phi) is 4.97. The fraction of sp³-hybridized carbons (Fsp3) is 0. The van der Waals surface area contributed by atoms with Crippen molar-refractivity contribution in [3.63, 3.8) is 0 Å². The number of aromatic amines is 1. The standard InChI is InChI=1S/C8H8N4.2ClH/c9-7-3-1-2-6(4-7)8-5-10-12-11-8;;/h1-5H,9H2,(H,10,11,12);2*1H. The second kappa shape index (κ2) is 5.47. The maximum absolute atomic E-state index is 5.61. The van der Waals surface area contributed by atoms with Gasteiger partial charge in [-0.25, -0.2) is 0 Å². The lowest BCUT2D eigenvalue weighted by Crippen LogP contribution is -1.84. The maximum atomic E-state index is 5.61. The van der Waals surface area contributed by atoms with Gasteiger partial charge in [0.2, 0.25) is 0 Å². The molecule has 1 aromatic heterocycles. The fourth-order valence-electron chi connectivity index (χ4n) is 1.04. The molecule has 2 rings (SSSR count). The van der Waals surface area contributed by atoms with Gasteiger partial charge in [-0.05, 0) is 12.1 Å². The lowest BCUT2D eigenvalue weighted by Gasteiger charge is -1.95. The SMILES string of the molecule is Cl.Cl.Nc1cccc(-c2cn[nH]n2)c1. The van der Waals surface area contributed by atoms with Gasteiger partial charge in [0.1, 0.15) is 5.69 Å². The summed E-state index contributed by atoms with van der Waals surface area (Å²) < 4.78 is 0. The van der Waals surface area contributed by atoms with Gasteiger partial charge in [0.15, 0.2) is 0 Å². The molecule has 0 fully saturated rings. The molecule has 0 spiro atoms. The van der Waals surface area contributed by atoms with Crippen LogP contribution in [0.15, 0.2) is 30.5 Å². The molecule has 3 N–H and O–H groups in total. The molecule has 0 aliphatic heterocycles. The van der Waals surface area contributed by atoms with Crippen LogP contribution in [0.4, 0.5) is 5.69 Å². The molecule has 0 atom stereocenters. The number of nitrogens with two attached hydrogens (primary N) is 1. The Morgan fingerprint density at radius 3 is 2.57 bits per heavy atom. The summed E-state index contributed by atoms with van der Waals surface area (Å²) in [6.45, 7) is 0. The molecule has 0 aliphatic carbocycles. The van der Waals surface area contributed by atoms with Gasteiger partial charge in [-0.2, -0.15) is 15.4 Å². The van der Waals surface area contributed by atoms with Crippen LogP contribution in [-0.4, -0.2) is 15.4 Å². The summed E-state index contributed by atoms with van der Waals surface area (Å²) in [5.74, 6) is 0. The smallest absolute Gasteiger partial charge is 0.112 e. The summed E-state index contributed by atoms with van der Waals surface area (Å²) >= 11 is 0. The molecule has 0 unspecified atom stereocenters. The third kappa shape index (κ3) is 2.61. The van der Waals surface area contributed by atoms with Crippen LogP contribution >= 0.6 is 24.8 Å². The molecular weight excluding hydrogens is 223 g/mol. The maximum Gasteiger partial charge on any atom is 0.112 e. The zero-order valence-electron chi connectivity index (χ0n) is 7.18. The van der Waals surface area contributed by atoms with Crippen molar-refractivity contribution in [1.29, 1.82) is 0 Å². The lowest BCUT2D eigenvalue weighted by atomic mass is 10.1. The van der Waals surface area contributed by atoms with Crippen LogP contribution in [0.3, 0.4) is 0 Å². The molecule has 2 aromatic rings. The molecule has 76 valence electrons. The van der Waals surface area contributed by atoms with Gasteiger partial charge in [0.05, 0.1) is 6.20 Å². The first-order valence-corrected chi connectivity index (χ1v) is 3.58. The third-order valence-corrected chi connectivity index (χ3v) is 1.60. The van der Waals surface area contributed by atoms with Crippen molar-refractivity contribution >= 4 is 30.5 Å². The first kappa shape index (κ1) is 12.7. The number of nitrogen functional groups attached to an aromatic ring is 1. The number of nitrogens with zero attached hydrogens (tertiary/aromatic N) is 2. The molecule has 0 radical (unpaired) electrons. The number of rotatable bonds is 1. The van der Waals surface area contributed by atoms with E-state index in [4.69, 9.17) is 5.73 Å². The van der Waals surface area contributed by atoms with Crippen LogP contribution in [0, 0.1) is 0 Å². The number of nitrogens with one attached hydrogen (secondary N) is 1. The molecule has 1 heterocycles. The second-order valence-electron chi connectivity index (χ2n) is 2.48. The number of hydrogen-bond acceptors (Lipinski definition) is 3. The van der Waals surface area contributed by atoms with Crippen LogP contribution < -0.4 is 5.73 Å². The first-order valence-electron chi connectivity index (χ1n) is 3.58. The molecule has 0 saturated carbocycles. The number of hydrogen-bond donors (Lipinski definition) is 2. The summed E-state index contributed by atoms with van der Waals surface area (Å²) in [5.41, 5.74) is 8.12. The predicted octanol–water partition coefficient (Wildman–Crippen LogP) is 1.90. The van der Waals surface area contributed by atoms with Gasteiger partial charge in [-0.1, -0.05) is 12.1 Å². The Hall–Kier alpha value is -1.26. The fourth-order valence-corrected chi connectivity index (χ4v) is 1.04. The van der Waals surface area contributed by atoms with Crippen LogP contribution in [0.2, 0.25) is 0 Å². The van der Waals surface area contributed by atoms with Crippen molar-refractivity contribution in [1.82, 2.24) is 15.4 Å². The van der Waals surface area contributed by atoms with Crippen molar-refractivity contribution < 1.29 is 0 Å². The zero-order valence-corrected chi connectivity index (χ0v) is 8.81. The van der Waals surface area contributed by atoms with Gasteiger partial charge in [-0.15, -0.1) is 24.8 Å². The monoisotopic (exact) mass is 232 g/mol. The normalized spacial score (nSPS) is 8.57. The Bertz CT molecular complexity index is 375. The molecule has 1 aromatic carbocycles. The van der Waals surface area contributed by atoms with Gasteiger partial charge in [0, 0.05) is 11.3 Å². The van der Waals surface area contributed by atoms with E-state index in [0.717, 1.165) is 16.9 Å². The largest absolute Gasteiger partial charge is 0.399 e. The average Bonchev–Trinajstić information content (AvgIpc) is 2.56. The van der Waals surface area contributed by atoms with Gasteiger partial charge >= 0.3 is 0 Å². The molecule has 14 heavy (non-hydrogen) atoms. The summed E-state index contributed by atoms with van der Waals surface area (Å²) in [7, 11) is 0.